The molecule has 0 saturated heterocycles. The average Bonchev–Trinajstić information content (AvgIpc) is 3.25. The largest absolute Gasteiger partial charge is 0.369 e. The van der Waals surface area contributed by atoms with Crippen molar-refractivity contribution >= 4 is 15.7 Å². The second-order valence-electron chi connectivity index (χ2n) is 6.93. The molecule has 0 spiro atoms. The highest BCUT2D eigenvalue weighted by molar-refractivity contribution is 7.94. The Morgan fingerprint density at radius 3 is 2.81 bits per heavy atom. The normalized spacial score (nSPS) is 20.4. The van der Waals surface area contributed by atoms with Crippen molar-refractivity contribution in [2.45, 2.75) is 32.1 Å². The molecule has 1 atom stereocenters. The molecule has 4 rings (SSSR count). The number of hydrogen-bond donors (Lipinski definition) is 1. The van der Waals surface area contributed by atoms with Crippen molar-refractivity contribution in [1.29, 1.82) is 0 Å². The number of nitrogens with two attached hydrogens (primary N) is 1. The fraction of sp³-hybridized carbons (Fsp3) is 0.389. The first-order chi connectivity index (χ1) is 12.4. The van der Waals surface area contributed by atoms with E-state index in [1.807, 2.05) is 6.07 Å². The third-order valence-electron chi connectivity index (χ3n) is 4.83. The standard InChI is InChI=1S/C18H20N4O3S/c19-16(23)10-17-20-18(8-12-6-7-26(24,25)11-12)22(21-17)15-5-4-13-2-1-3-14(13)9-15/h4-7,9,12H,1-3,8,10-11H2,(H2,19,23). The van der Waals surface area contributed by atoms with E-state index < -0.39 is 15.7 Å². The second-order valence-corrected chi connectivity index (χ2v) is 8.86. The van der Waals surface area contributed by atoms with E-state index in [0.717, 1.165) is 24.9 Å². The van der Waals surface area contributed by atoms with Gasteiger partial charge in [0.15, 0.2) is 15.7 Å². The monoisotopic (exact) mass is 372 g/mol. The van der Waals surface area contributed by atoms with Gasteiger partial charge in [-0.3, -0.25) is 4.79 Å². The molecule has 7 nitrogen and oxygen atoms in total. The quantitative estimate of drug-likeness (QED) is 0.838. The van der Waals surface area contributed by atoms with Gasteiger partial charge in [0.2, 0.25) is 5.91 Å². The molecule has 1 aromatic carbocycles. The summed E-state index contributed by atoms with van der Waals surface area (Å²) >= 11 is 0. The molecule has 1 aliphatic carbocycles. The van der Waals surface area contributed by atoms with E-state index in [-0.39, 0.29) is 18.1 Å². The Labute approximate surface area is 151 Å². The van der Waals surface area contributed by atoms with Crippen molar-refractivity contribution in [1.82, 2.24) is 14.8 Å². The van der Waals surface area contributed by atoms with E-state index >= 15 is 0 Å². The van der Waals surface area contributed by atoms with E-state index in [1.54, 1.807) is 10.8 Å². The molecule has 2 aromatic rings. The number of carbonyl (C=O) groups excluding carboxylic acids is 1. The Morgan fingerprint density at radius 2 is 2.08 bits per heavy atom. The van der Waals surface area contributed by atoms with E-state index in [1.165, 1.54) is 16.5 Å². The van der Waals surface area contributed by atoms with Gasteiger partial charge in [0.25, 0.3) is 0 Å². The molecule has 0 fully saturated rings. The topological polar surface area (TPSA) is 108 Å². The lowest BCUT2D eigenvalue weighted by molar-refractivity contribution is -0.117. The number of carbonyl (C=O) groups is 1. The van der Waals surface area contributed by atoms with Gasteiger partial charge in [-0.1, -0.05) is 12.1 Å². The van der Waals surface area contributed by atoms with Gasteiger partial charge in [-0.05, 0) is 48.4 Å². The highest BCUT2D eigenvalue weighted by Gasteiger charge is 2.25. The lowest BCUT2D eigenvalue weighted by Crippen LogP contribution is -2.14. The maximum atomic E-state index is 11.7. The fourth-order valence-electron chi connectivity index (χ4n) is 3.65. The molecule has 0 bridgehead atoms. The van der Waals surface area contributed by atoms with E-state index in [9.17, 15) is 13.2 Å². The molecular weight excluding hydrogens is 352 g/mol. The van der Waals surface area contributed by atoms with Crippen molar-refractivity contribution in [2.24, 2.45) is 11.7 Å². The van der Waals surface area contributed by atoms with Gasteiger partial charge in [0.1, 0.15) is 5.82 Å². The van der Waals surface area contributed by atoms with Crippen LogP contribution >= 0.6 is 0 Å². The highest BCUT2D eigenvalue weighted by atomic mass is 32.2. The number of rotatable bonds is 5. The number of aromatic nitrogens is 3. The molecule has 1 amide bonds. The van der Waals surface area contributed by atoms with Gasteiger partial charge in [0.05, 0.1) is 17.9 Å². The smallest absolute Gasteiger partial charge is 0.225 e. The van der Waals surface area contributed by atoms with Gasteiger partial charge in [-0.25, -0.2) is 18.1 Å². The van der Waals surface area contributed by atoms with E-state index in [2.05, 4.69) is 22.2 Å². The van der Waals surface area contributed by atoms with Crippen LogP contribution in [0, 0.1) is 5.92 Å². The van der Waals surface area contributed by atoms with Crippen LogP contribution in [-0.2, 0) is 40.3 Å². The highest BCUT2D eigenvalue weighted by Crippen LogP contribution is 2.26. The number of sulfone groups is 1. The van der Waals surface area contributed by atoms with Crippen LogP contribution in [0.25, 0.3) is 5.69 Å². The summed E-state index contributed by atoms with van der Waals surface area (Å²) in [7, 11) is -3.13. The van der Waals surface area contributed by atoms with Gasteiger partial charge in [0, 0.05) is 11.8 Å². The summed E-state index contributed by atoms with van der Waals surface area (Å²) in [5.41, 5.74) is 8.83. The van der Waals surface area contributed by atoms with Crippen LogP contribution in [0.15, 0.2) is 29.7 Å². The van der Waals surface area contributed by atoms with Crippen LogP contribution in [0.2, 0.25) is 0 Å². The van der Waals surface area contributed by atoms with Crippen molar-refractivity contribution < 1.29 is 13.2 Å². The molecule has 0 radical (unpaired) electrons. The number of aryl methyl sites for hydroxylation is 2. The average molecular weight is 372 g/mol. The minimum atomic E-state index is -3.13. The second kappa shape index (κ2) is 6.35. The summed E-state index contributed by atoms with van der Waals surface area (Å²) in [6.07, 6.45) is 5.40. The Morgan fingerprint density at radius 1 is 1.27 bits per heavy atom. The summed E-state index contributed by atoms with van der Waals surface area (Å²) in [6.45, 7) is 0. The molecule has 0 saturated carbocycles. The number of hydrogen-bond acceptors (Lipinski definition) is 5. The molecule has 1 unspecified atom stereocenters. The molecule has 2 heterocycles. The van der Waals surface area contributed by atoms with Crippen molar-refractivity contribution in [3.8, 4) is 5.69 Å². The summed E-state index contributed by atoms with van der Waals surface area (Å²) in [5, 5.41) is 5.72. The molecule has 1 aliphatic heterocycles. The van der Waals surface area contributed by atoms with Gasteiger partial charge >= 0.3 is 0 Å². The minimum absolute atomic E-state index is 0.0380. The Kier molecular flexibility index (Phi) is 4.14. The summed E-state index contributed by atoms with van der Waals surface area (Å²) in [4.78, 5) is 15.7. The number of benzene rings is 1. The zero-order chi connectivity index (χ0) is 18.3. The minimum Gasteiger partial charge on any atom is -0.369 e. The summed E-state index contributed by atoms with van der Waals surface area (Å²) < 4.78 is 25.1. The zero-order valence-corrected chi connectivity index (χ0v) is 15.1. The molecule has 8 heteroatoms. The number of fused-ring (bicyclic) bond motifs is 1. The van der Waals surface area contributed by atoms with Crippen LogP contribution in [-0.4, -0.2) is 34.8 Å². The Balaban J connectivity index is 1.69. The van der Waals surface area contributed by atoms with Crippen LogP contribution in [0.3, 0.4) is 0 Å². The van der Waals surface area contributed by atoms with Crippen LogP contribution in [0.5, 0.6) is 0 Å². The van der Waals surface area contributed by atoms with Crippen molar-refractivity contribution in [3.05, 3.63) is 52.5 Å². The van der Waals surface area contributed by atoms with E-state index in [0.29, 0.717) is 18.1 Å². The molecule has 2 N–H and O–H groups in total. The SMILES string of the molecule is NC(=O)Cc1nc(CC2C=CS(=O)(=O)C2)n(-c2ccc3c(c2)CCC3)n1. The predicted molar refractivity (Wildman–Crippen MR) is 96.4 cm³/mol. The maximum Gasteiger partial charge on any atom is 0.225 e. The van der Waals surface area contributed by atoms with Gasteiger partial charge < -0.3 is 5.73 Å². The summed E-state index contributed by atoms with van der Waals surface area (Å²) in [5.74, 6) is 0.448. The predicted octanol–water partition coefficient (Wildman–Crippen LogP) is 0.885. The van der Waals surface area contributed by atoms with Crippen molar-refractivity contribution in [3.63, 3.8) is 0 Å². The zero-order valence-electron chi connectivity index (χ0n) is 14.3. The van der Waals surface area contributed by atoms with Gasteiger partial charge in [-0.2, -0.15) is 5.10 Å². The first-order valence-corrected chi connectivity index (χ1v) is 10.4. The first kappa shape index (κ1) is 17.0. The third-order valence-corrected chi connectivity index (χ3v) is 6.29. The van der Waals surface area contributed by atoms with Crippen LogP contribution in [0.4, 0.5) is 0 Å². The Bertz CT molecular complexity index is 1010. The summed E-state index contributed by atoms with van der Waals surface area (Å²) in [6, 6.07) is 6.21. The van der Waals surface area contributed by atoms with Crippen LogP contribution in [0.1, 0.15) is 29.2 Å². The van der Waals surface area contributed by atoms with Crippen molar-refractivity contribution in [2.75, 3.05) is 5.75 Å². The third kappa shape index (κ3) is 3.41. The maximum absolute atomic E-state index is 11.7. The molecular formula is C18H20N4O3S. The number of allylic oxidation sites excluding steroid dienone is 1. The van der Waals surface area contributed by atoms with E-state index in [4.69, 9.17) is 5.73 Å². The number of amides is 1. The van der Waals surface area contributed by atoms with Gasteiger partial charge in [-0.15, -0.1) is 0 Å². The fourth-order valence-corrected chi connectivity index (χ4v) is 5.05. The van der Waals surface area contributed by atoms with Crippen LogP contribution < -0.4 is 5.73 Å². The lowest BCUT2D eigenvalue weighted by Gasteiger charge is -2.10. The molecule has 26 heavy (non-hydrogen) atoms. The first-order valence-electron chi connectivity index (χ1n) is 8.66. The number of nitrogens with zero attached hydrogens (tertiary/aromatic N) is 3. The lowest BCUT2D eigenvalue weighted by atomic mass is 10.1. The molecule has 136 valence electrons. The number of primary amides is 1. The molecule has 1 aromatic heterocycles. The molecule has 2 aliphatic rings. The Hall–Kier alpha value is -2.48.